The number of methoxy groups -OCH3 is 1. The van der Waals surface area contributed by atoms with E-state index >= 15 is 0 Å². The zero-order chi connectivity index (χ0) is 17.3. The molecule has 0 amide bonds. The number of benzene rings is 1. The molecule has 126 valence electrons. The summed E-state index contributed by atoms with van der Waals surface area (Å²) in [6, 6.07) is 7.46. The molecule has 0 saturated carbocycles. The molecule has 5 heteroatoms. The number of rotatable bonds is 5. The molecular formula is C18H27BO4. The average molecular weight is 318 g/mol. The summed E-state index contributed by atoms with van der Waals surface area (Å²) in [5.74, 6) is 2.61. The van der Waals surface area contributed by atoms with Crippen molar-refractivity contribution < 1.29 is 19.2 Å². The topological polar surface area (TPSA) is 47.9 Å². The molecule has 1 aliphatic heterocycles. The maximum Gasteiger partial charge on any atom is 0.486 e. The fourth-order valence-electron chi connectivity index (χ4n) is 2.44. The molecule has 1 heterocycles. The second kappa shape index (κ2) is 6.67. The maximum absolute atomic E-state index is 10.5. The van der Waals surface area contributed by atoms with Crippen LogP contribution in [0.25, 0.3) is 0 Å². The predicted molar refractivity (Wildman–Crippen MR) is 92.3 cm³/mol. The molecule has 1 N–H and O–H groups in total. The summed E-state index contributed by atoms with van der Waals surface area (Å²) in [6.45, 7) is 10.1. The van der Waals surface area contributed by atoms with Crippen LogP contribution in [0.4, 0.5) is 0 Å². The van der Waals surface area contributed by atoms with Crippen molar-refractivity contribution in [2.45, 2.75) is 51.9 Å². The van der Waals surface area contributed by atoms with Crippen molar-refractivity contribution in [3.8, 4) is 5.75 Å². The first kappa shape index (κ1) is 18.0. The van der Waals surface area contributed by atoms with E-state index in [-0.39, 0.29) is 24.2 Å². The van der Waals surface area contributed by atoms with E-state index in [1.165, 1.54) is 0 Å². The van der Waals surface area contributed by atoms with Crippen LogP contribution < -0.4 is 4.74 Å². The van der Waals surface area contributed by atoms with Crippen molar-refractivity contribution in [3.05, 3.63) is 41.9 Å². The van der Waals surface area contributed by atoms with Gasteiger partial charge in [0.2, 0.25) is 0 Å². The highest BCUT2D eigenvalue weighted by Crippen LogP contribution is 2.37. The Morgan fingerprint density at radius 3 is 2.09 bits per heavy atom. The molecule has 0 aromatic heterocycles. The molecule has 0 unspecified atom stereocenters. The summed E-state index contributed by atoms with van der Waals surface area (Å²) >= 11 is 0. The van der Waals surface area contributed by atoms with Gasteiger partial charge >= 0.3 is 7.12 Å². The second-order valence-electron chi connectivity index (χ2n) is 7.09. The third-order valence-electron chi connectivity index (χ3n) is 4.80. The van der Waals surface area contributed by atoms with Crippen LogP contribution in [0.15, 0.2) is 36.3 Å². The van der Waals surface area contributed by atoms with E-state index in [0.717, 1.165) is 11.3 Å². The lowest BCUT2D eigenvalue weighted by Crippen LogP contribution is -2.41. The average Bonchev–Trinajstić information content (AvgIpc) is 2.71. The molecule has 1 aromatic rings. The standard InChI is InChI=1S/C18H27BO4/c1-13(16(20)14-7-9-15(21-6)10-8-14)11-12-19-22-17(2,3)18(4,5)23-19/h7-13,16,20H,1-6H3/b12-11+/t13-,16-/m1/s1. The maximum atomic E-state index is 10.5. The highest BCUT2D eigenvalue weighted by molar-refractivity contribution is 6.51. The molecule has 1 aromatic carbocycles. The number of hydrogen-bond donors (Lipinski definition) is 1. The van der Waals surface area contributed by atoms with Crippen molar-refractivity contribution in [2.24, 2.45) is 5.92 Å². The molecule has 2 atom stereocenters. The van der Waals surface area contributed by atoms with Crippen molar-refractivity contribution in [3.63, 3.8) is 0 Å². The van der Waals surface area contributed by atoms with Crippen LogP contribution in [0.5, 0.6) is 5.75 Å². The summed E-state index contributed by atoms with van der Waals surface area (Å²) in [5.41, 5.74) is 0.163. The SMILES string of the molecule is COc1ccc([C@H](O)[C@H](C)/C=C/B2OC(C)(C)C(C)(C)O2)cc1. The van der Waals surface area contributed by atoms with Crippen LogP contribution in [-0.2, 0) is 9.31 Å². The molecule has 0 bridgehead atoms. The van der Waals surface area contributed by atoms with Crippen LogP contribution in [0.3, 0.4) is 0 Å². The first-order valence-corrected chi connectivity index (χ1v) is 8.02. The van der Waals surface area contributed by atoms with Crippen LogP contribution >= 0.6 is 0 Å². The normalized spacial score (nSPS) is 22.3. The first-order chi connectivity index (χ1) is 10.7. The molecule has 0 radical (unpaired) electrons. The molecule has 2 rings (SSSR count). The minimum Gasteiger partial charge on any atom is -0.497 e. The monoisotopic (exact) mass is 318 g/mol. The van der Waals surface area contributed by atoms with Crippen LogP contribution in [0.1, 0.15) is 46.3 Å². The third kappa shape index (κ3) is 3.97. The molecule has 23 heavy (non-hydrogen) atoms. The number of aliphatic hydroxyl groups is 1. The largest absolute Gasteiger partial charge is 0.497 e. The number of ether oxygens (including phenoxy) is 1. The number of aliphatic hydroxyl groups excluding tert-OH is 1. The van der Waals surface area contributed by atoms with E-state index in [1.807, 2.05) is 70.9 Å². The molecular weight excluding hydrogens is 291 g/mol. The molecule has 1 aliphatic rings. The summed E-state index contributed by atoms with van der Waals surface area (Å²) in [5, 5.41) is 10.5. The molecule has 4 nitrogen and oxygen atoms in total. The van der Waals surface area contributed by atoms with E-state index in [1.54, 1.807) is 7.11 Å². The summed E-state index contributed by atoms with van der Waals surface area (Å²) in [7, 11) is 1.24. The smallest absolute Gasteiger partial charge is 0.486 e. The van der Waals surface area contributed by atoms with Crippen LogP contribution in [-0.4, -0.2) is 30.5 Å². The van der Waals surface area contributed by atoms with Gasteiger partial charge in [-0.05, 0) is 45.4 Å². The summed E-state index contributed by atoms with van der Waals surface area (Å²) in [4.78, 5) is 0. The zero-order valence-electron chi connectivity index (χ0n) is 14.9. The highest BCUT2D eigenvalue weighted by Gasteiger charge is 2.50. The minimum absolute atomic E-state index is 0.0533. The zero-order valence-corrected chi connectivity index (χ0v) is 14.9. The molecule has 0 aliphatic carbocycles. The van der Waals surface area contributed by atoms with Gasteiger partial charge in [-0.25, -0.2) is 0 Å². The number of hydrogen-bond acceptors (Lipinski definition) is 4. The Bertz CT molecular complexity index is 535. The lowest BCUT2D eigenvalue weighted by molar-refractivity contribution is 0.00578. The van der Waals surface area contributed by atoms with E-state index in [2.05, 4.69) is 0 Å². The van der Waals surface area contributed by atoms with Crippen molar-refractivity contribution in [1.29, 1.82) is 0 Å². The Balaban J connectivity index is 1.99. The van der Waals surface area contributed by atoms with Crippen LogP contribution in [0, 0.1) is 5.92 Å². The van der Waals surface area contributed by atoms with E-state index in [9.17, 15) is 5.11 Å². The molecule has 1 saturated heterocycles. The highest BCUT2D eigenvalue weighted by atomic mass is 16.7. The van der Waals surface area contributed by atoms with Crippen molar-refractivity contribution >= 4 is 7.12 Å². The van der Waals surface area contributed by atoms with Gasteiger partial charge in [-0.3, -0.25) is 0 Å². The Labute approximate surface area is 139 Å². The lowest BCUT2D eigenvalue weighted by atomic mass is 9.86. The van der Waals surface area contributed by atoms with Gasteiger partial charge in [0.05, 0.1) is 24.4 Å². The Hall–Kier alpha value is -1.30. The fourth-order valence-corrected chi connectivity index (χ4v) is 2.44. The van der Waals surface area contributed by atoms with Gasteiger partial charge < -0.3 is 19.2 Å². The summed E-state index contributed by atoms with van der Waals surface area (Å²) in [6.07, 6.45) is 1.36. The van der Waals surface area contributed by atoms with Gasteiger partial charge in [0, 0.05) is 5.92 Å². The van der Waals surface area contributed by atoms with Gasteiger partial charge in [0.15, 0.2) is 0 Å². The lowest BCUT2D eigenvalue weighted by Gasteiger charge is -2.32. The minimum atomic E-state index is -0.584. The van der Waals surface area contributed by atoms with Crippen molar-refractivity contribution in [2.75, 3.05) is 7.11 Å². The first-order valence-electron chi connectivity index (χ1n) is 8.02. The van der Waals surface area contributed by atoms with Gasteiger partial charge in [-0.2, -0.15) is 0 Å². The van der Waals surface area contributed by atoms with E-state index in [0.29, 0.717) is 0 Å². The van der Waals surface area contributed by atoms with Gasteiger partial charge in [0.1, 0.15) is 5.75 Å². The van der Waals surface area contributed by atoms with Crippen LogP contribution in [0.2, 0.25) is 0 Å². The van der Waals surface area contributed by atoms with E-state index in [4.69, 9.17) is 14.0 Å². The quantitative estimate of drug-likeness (QED) is 0.844. The van der Waals surface area contributed by atoms with Gasteiger partial charge in [-0.15, -0.1) is 0 Å². The fraction of sp³-hybridized carbons (Fsp3) is 0.556. The van der Waals surface area contributed by atoms with Gasteiger partial charge in [0.25, 0.3) is 0 Å². The third-order valence-corrected chi connectivity index (χ3v) is 4.80. The van der Waals surface area contributed by atoms with Gasteiger partial charge in [-0.1, -0.05) is 31.1 Å². The van der Waals surface area contributed by atoms with E-state index < -0.39 is 6.10 Å². The van der Waals surface area contributed by atoms with Crippen molar-refractivity contribution in [1.82, 2.24) is 0 Å². The molecule has 0 spiro atoms. The summed E-state index contributed by atoms with van der Waals surface area (Å²) < 4.78 is 17.0. The Kier molecular flexibility index (Phi) is 5.24. The Morgan fingerprint density at radius 1 is 1.09 bits per heavy atom. The molecule has 1 fully saturated rings. The second-order valence-corrected chi connectivity index (χ2v) is 7.09. The Morgan fingerprint density at radius 2 is 1.61 bits per heavy atom. The predicted octanol–water partition coefficient (Wildman–Crippen LogP) is 3.55.